The molecule has 76 valence electrons. The Labute approximate surface area is 85.9 Å². The average Bonchev–Trinajstić information content (AvgIpc) is 2.08. The van der Waals surface area contributed by atoms with Crippen molar-refractivity contribution in [3.8, 4) is 5.75 Å². The van der Waals surface area contributed by atoms with Crippen molar-refractivity contribution in [1.29, 1.82) is 0 Å². The monoisotopic (exact) mass is 215 g/mol. The third kappa shape index (κ3) is 2.61. The molecular formula is C9H10ClNO3. The zero-order valence-corrected chi connectivity index (χ0v) is 8.03. The molecule has 0 spiro atoms. The molecule has 0 heterocycles. The van der Waals surface area contributed by atoms with E-state index in [4.69, 9.17) is 27.5 Å². The molecule has 4 N–H and O–H groups in total. The van der Waals surface area contributed by atoms with Gasteiger partial charge in [0.15, 0.2) is 0 Å². The van der Waals surface area contributed by atoms with Crippen LogP contribution >= 0.6 is 11.6 Å². The second-order valence-electron chi connectivity index (χ2n) is 2.92. The summed E-state index contributed by atoms with van der Waals surface area (Å²) >= 11 is 5.64. The van der Waals surface area contributed by atoms with Gasteiger partial charge in [0.25, 0.3) is 0 Å². The summed E-state index contributed by atoms with van der Waals surface area (Å²) in [6.45, 7) is 0. The molecule has 1 aromatic carbocycles. The van der Waals surface area contributed by atoms with Crippen LogP contribution in [0.15, 0.2) is 18.2 Å². The lowest BCUT2D eigenvalue weighted by atomic mass is 10.0. The Morgan fingerprint density at radius 2 is 2.21 bits per heavy atom. The largest absolute Gasteiger partial charge is 0.506 e. The maximum absolute atomic E-state index is 10.4. The first-order valence-corrected chi connectivity index (χ1v) is 4.34. The fraction of sp³-hybridized carbons (Fsp3) is 0.222. The number of rotatable bonds is 3. The van der Waals surface area contributed by atoms with E-state index < -0.39 is 12.0 Å². The van der Waals surface area contributed by atoms with Gasteiger partial charge in [-0.3, -0.25) is 4.79 Å². The standard InChI is InChI=1S/C9H10ClNO3/c10-6-3-5(1-2-8(6)12)7(11)4-9(13)14/h1-3,7,12H,4,11H2,(H,13,14)/t7-/m0/s1. The van der Waals surface area contributed by atoms with E-state index in [0.717, 1.165) is 0 Å². The van der Waals surface area contributed by atoms with Gasteiger partial charge < -0.3 is 15.9 Å². The van der Waals surface area contributed by atoms with Gasteiger partial charge in [0.05, 0.1) is 11.4 Å². The lowest BCUT2D eigenvalue weighted by Crippen LogP contribution is -2.14. The van der Waals surface area contributed by atoms with Crippen molar-refractivity contribution in [1.82, 2.24) is 0 Å². The zero-order chi connectivity index (χ0) is 10.7. The molecule has 5 heteroatoms. The molecule has 4 nitrogen and oxygen atoms in total. The van der Waals surface area contributed by atoms with Gasteiger partial charge in [-0.2, -0.15) is 0 Å². The van der Waals surface area contributed by atoms with E-state index in [-0.39, 0.29) is 17.2 Å². The highest BCUT2D eigenvalue weighted by Crippen LogP contribution is 2.26. The Bertz CT molecular complexity index is 354. The quantitative estimate of drug-likeness (QED) is 0.714. The van der Waals surface area contributed by atoms with Crippen LogP contribution in [0.25, 0.3) is 0 Å². The number of carboxylic acids is 1. The van der Waals surface area contributed by atoms with E-state index >= 15 is 0 Å². The van der Waals surface area contributed by atoms with Gasteiger partial charge in [-0.1, -0.05) is 17.7 Å². The summed E-state index contributed by atoms with van der Waals surface area (Å²) in [5.74, 6) is -1.01. The van der Waals surface area contributed by atoms with Gasteiger partial charge >= 0.3 is 5.97 Å². The lowest BCUT2D eigenvalue weighted by molar-refractivity contribution is -0.137. The van der Waals surface area contributed by atoms with Gasteiger partial charge in [-0.05, 0) is 17.7 Å². The third-order valence-corrected chi connectivity index (χ3v) is 2.10. The normalized spacial score (nSPS) is 12.4. The first kappa shape index (κ1) is 10.8. The number of phenolic OH excluding ortho intramolecular Hbond substituents is 1. The van der Waals surface area contributed by atoms with Crippen molar-refractivity contribution >= 4 is 17.6 Å². The molecule has 0 aliphatic carbocycles. The fourth-order valence-corrected chi connectivity index (χ4v) is 1.25. The van der Waals surface area contributed by atoms with Crippen LogP contribution in [0.3, 0.4) is 0 Å². The molecular weight excluding hydrogens is 206 g/mol. The van der Waals surface area contributed by atoms with Gasteiger partial charge in [0, 0.05) is 6.04 Å². The molecule has 1 rings (SSSR count). The van der Waals surface area contributed by atoms with Crippen LogP contribution < -0.4 is 5.73 Å². The summed E-state index contributed by atoms with van der Waals surface area (Å²) in [4.78, 5) is 10.4. The molecule has 0 aliphatic heterocycles. The van der Waals surface area contributed by atoms with E-state index in [1.807, 2.05) is 0 Å². The Morgan fingerprint density at radius 1 is 1.57 bits per heavy atom. The van der Waals surface area contributed by atoms with Gasteiger partial charge in [-0.15, -0.1) is 0 Å². The Hall–Kier alpha value is -1.26. The molecule has 0 amide bonds. The summed E-state index contributed by atoms with van der Waals surface area (Å²) in [7, 11) is 0. The highest BCUT2D eigenvalue weighted by atomic mass is 35.5. The van der Waals surface area contributed by atoms with Crippen molar-refractivity contribution in [3.05, 3.63) is 28.8 Å². The summed E-state index contributed by atoms with van der Waals surface area (Å²) in [5, 5.41) is 17.8. The second kappa shape index (κ2) is 4.30. The van der Waals surface area contributed by atoms with E-state index in [9.17, 15) is 4.79 Å². The van der Waals surface area contributed by atoms with E-state index in [1.165, 1.54) is 12.1 Å². The molecule has 0 radical (unpaired) electrons. The van der Waals surface area contributed by atoms with Crippen molar-refractivity contribution < 1.29 is 15.0 Å². The number of hydrogen-bond acceptors (Lipinski definition) is 3. The maximum atomic E-state index is 10.4. The van der Waals surface area contributed by atoms with Gasteiger partial charge in [0.2, 0.25) is 0 Å². The number of aromatic hydroxyl groups is 1. The number of phenols is 1. The minimum absolute atomic E-state index is 0.0436. The highest BCUT2D eigenvalue weighted by Gasteiger charge is 2.11. The van der Waals surface area contributed by atoms with E-state index in [0.29, 0.717) is 5.56 Å². The SMILES string of the molecule is N[C@@H](CC(=O)O)c1ccc(O)c(Cl)c1. The number of hydrogen-bond donors (Lipinski definition) is 3. The first-order chi connectivity index (χ1) is 6.50. The fourth-order valence-electron chi connectivity index (χ4n) is 1.06. The molecule has 0 saturated carbocycles. The minimum atomic E-state index is -0.971. The summed E-state index contributed by atoms with van der Waals surface area (Å²) in [5.41, 5.74) is 6.19. The molecule has 0 unspecified atom stereocenters. The van der Waals surface area contributed by atoms with Crippen LogP contribution in [0.1, 0.15) is 18.0 Å². The molecule has 0 aliphatic rings. The van der Waals surface area contributed by atoms with E-state index in [1.54, 1.807) is 6.07 Å². The second-order valence-corrected chi connectivity index (χ2v) is 3.32. The topological polar surface area (TPSA) is 83.6 Å². The molecule has 0 fully saturated rings. The third-order valence-electron chi connectivity index (χ3n) is 1.79. The van der Waals surface area contributed by atoms with Crippen molar-refractivity contribution in [2.45, 2.75) is 12.5 Å². The number of aliphatic carboxylic acids is 1. The van der Waals surface area contributed by atoms with E-state index in [2.05, 4.69) is 0 Å². The lowest BCUT2D eigenvalue weighted by Gasteiger charge is -2.09. The van der Waals surface area contributed by atoms with Crippen LogP contribution in [0, 0.1) is 0 Å². The predicted molar refractivity (Wildman–Crippen MR) is 52.3 cm³/mol. The first-order valence-electron chi connectivity index (χ1n) is 3.96. The van der Waals surface area contributed by atoms with Crippen LogP contribution in [0.4, 0.5) is 0 Å². The Morgan fingerprint density at radius 3 is 2.71 bits per heavy atom. The predicted octanol–water partition coefficient (Wildman–Crippen LogP) is 1.52. The van der Waals surface area contributed by atoms with Gasteiger partial charge in [0.1, 0.15) is 5.75 Å². The number of carbonyl (C=O) groups is 1. The van der Waals surface area contributed by atoms with Crippen molar-refractivity contribution in [3.63, 3.8) is 0 Å². The summed E-state index contributed by atoms with van der Waals surface area (Å²) in [6, 6.07) is 3.80. The van der Waals surface area contributed by atoms with Crippen LogP contribution in [-0.4, -0.2) is 16.2 Å². The number of benzene rings is 1. The number of nitrogens with two attached hydrogens (primary N) is 1. The van der Waals surface area contributed by atoms with Crippen LogP contribution in [0.5, 0.6) is 5.75 Å². The molecule has 14 heavy (non-hydrogen) atoms. The molecule has 0 saturated heterocycles. The summed E-state index contributed by atoms with van der Waals surface area (Å²) in [6.07, 6.45) is -0.166. The van der Waals surface area contributed by atoms with Crippen LogP contribution in [0.2, 0.25) is 5.02 Å². The van der Waals surface area contributed by atoms with Crippen molar-refractivity contribution in [2.75, 3.05) is 0 Å². The molecule has 1 aromatic rings. The number of halogens is 1. The minimum Gasteiger partial charge on any atom is -0.506 e. The average molecular weight is 216 g/mol. The summed E-state index contributed by atoms with van der Waals surface area (Å²) < 4.78 is 0. The van der Waals surface area contributed by atoms with Crippen molar-refractivity contribution in [2.24, 2.45) is 5.73 Å². The van der Waals surface area contributed by atoms with Gasteiger partial charge in [-0.25, -0.2) is 0 Å². The maximum Gasteiger partial charge on any atom is 0.305 e. The molecule has 0 aromatic heterocycles. The highest BCUT2D eigenvalue weighted by molar-refractivity contribution is 6.32. The zero-order valence-electron chi connectivity index (χ0n) is 7.27. The Balaban J connectivity index is 2.85. The molecule has 0 bridgehead atoms. The Kier molecular flexibility index (Phi) is 3.33. The van der Waals surface area contributed by atoms with Crippen LogP contribution in [-0.2, 0) is 4.79 Å². The smallest absolute Gasteiger partial charge is 0.305 e. The molecule has 1 atom stereocenters. The number of carboxylic acid groups (broad SMARTS) is 1.